The maximum Gasteiger partial charge on any atom is 0.251 e. The second-order valence-corrected chi connectivity index (χ2v) is 4.18. The number of hydrogen-bond donors (Lipinski definition) is 1. The quantitative estimate of drug-likeness (QED) is 0.802. The third-order valence-electron chi connectivity index (χ3n) is 2.08. The molecule has 0 aliphatic rings. The monoisotopic (exact) mass is 365 g/mol. The lowest BCUT2D eigenvalue weighted by Gasteiger charge is -2.14. The molecule has 0 atom stereocenters. The topological polar surface area (TPSA) is 47.6 Å². The standard InChI is InChI=1S/C11H13BrFNO3.2C2H6/c1-16-10(17-2)6-14-11(15)7-3-8(12)5-9(13)4-7;2*1-2/h3-5,10H,6H2,1-2H3,(H,14,15);2*1-2H3. The number of benzene rings is 1. The van der Waals surface area contributed by atoms with Gasteiger partial charge in [-0.3, -0.25) is 4.79 Å². The van der Waals surface area contributed by atoms with Crippen molar-refractivity contribution in [1.82, 2.24) is 5.32 Å². The number of methoxy groups -OCH3 is 2. The van der Waals surface area contributed by atoms with Crippen molar-refractivity contribution < 1.29 is 18.7 Å². The van der Waals surface area contributed by atoms with Crippen LogP contribution < -0.4 is 5.32 Å². The first-order chi connectivity index (χ1) is 10.1. The molecule has 0 fully saturated rings. The van der Waals surface area contributed by atoms with E-state index in [4.69, 9.17) is 9.47 Å². The molecule has 21 heavy (non-hydrogen) atoms. The van der Waals surface area contributed by atoms with Crippen LogP contribution in [-0.2, 0) is 9.47 Å². The zero-order valence-corrected chi connectivity index (χ0v) is 15.1. The summed E-state index contributed by atoms with van der Waals surface area (Å²) in [5, 5.41) is 2.58. The zero-order valence-electron chi connectivity index (χ0n) is 13.5. The Kier molecular flexibility index (Phi) is 14.8. The van der Waals surface area contributed by atoms with Gasteiger partial charge in [0.1, 0.15) is 5.82 Å². The van der Waals surface area contributed by atoms with Gasteiger partial charge in [0.15, 0.2) is 6.29 Å². The first-order valence-corrected chi connectivity index (χ1v) is 7.66. The van der Waals surface area contributed by atoms with Crippen LogP contribution in [0, 0.1) is 5.82 Å². The highest BCUT2D eigenvalue weighted by molar-refractivity contribution is 9.10. The van der Waals surface area contributed by atoms with E-state index in [2.05, 4.69) is 21.2 Å². The first kappa shape index (κ1) is 22.3. The summed E-state index contributed by atoms with van der Waals surface area (Å²) in [6.45, 7) is 8.19. The van der Waals surface area contributed by atoms with Crippen LogP contribution in [0.3, 0.4) is 0 Å². The van der Waals surface area contributed by atoms with Crippen LogP contribution in [0.4, 0.5) is 4.39 Å². The molecule has 122 valence electrons. The van der Waals surface area contributed by atoms with Gasteiger partial charge in [-0.2, -0.15) is 0 Å². The average Bonchev–Trinajstić information content (AvgIpc) is 2.51. The van der Waals surface area contributed by atoms with E-state index in [1.807, 2.05) is 27.7 Å². The first-order valence-electron chi connectivity index (χ1n) is 6.86. The van der Waals surface area contributed by atoms with Crippen LogP contribution in [0.1, 0.15) is 38.1 Å². The Balaban J connectivity index is 0. The van der Waals surface area contributed by atoms with E-state index >= 15 is 0 Å². The molecule has 1 aromatic carbocycles. The Labute approximate surface area is 135 Å². The molecule has 0 saturated heterocycles. The van der Waals surface area contributed by atoms with Crippen molar-refractivity contribution in [3.63, 3.8) is 0 Å². The molecule has 6 heteroatoms. The summed E-state index contributed by atoms with van der Waals surface area (Å²) in [6, 6.07) is 3.98. The van der Waals surface area contributed by atoms with Gasteiger partial charge in [0.2, 0.25) is 0 Å². The largest absolute Gasteiger partial charge is 0.354 e. The third kappa shape index (κ3) is 9.55. The smallest absolute Gasteiger partial charge is 0.251 e. The van der Waals surface area contributed by atoms with Crippen LogP contribution in [0.5, 0.6) is 0 Å². The van der Waals surface area contributed by atoms with E-state index in [1.165, 1.54) is 26.4 Å². The SMILES string of the molecule is CC.CC.COC(CNC(=O)c1cc(F)cc(Br)c1)OC. The molecule has 0 spiro atoms. The number of carbonyl (C=O) groups is 1. The molecule has 1 rings (SSSR count). The third-order valence-corrected chi connectivity index (χ3v) is 2.54. The van der Waals surface area contributed by atoms with Crippen molar-refractivity contribution in [2.45, 2.75) is 34.0 Å². The second-order valence-electron chi connectivity index (χ2n) is 3.27. The van der Waals surface area contributed by atoms with Crippen molar-refractivity contribution in [1.29, 1.82) is 0 Å². The molecule has 0 bridgehead atoms. The minimum atomic E-state index is -0.518. The van der Waals surface area contributed by atoms with Gasteiger partial charge in [-0.25, -0.2) is 4.39 Å². The maximum absolute atomic E-state index is 13.1. The molecule has 0 heterocycles. The molecule has 1 aromatic rings. The van der Waals surface area contributed by atoms with Gasteiger partial charge in [-0.05, 0) is 18.2 Å². The summed E-state index contributed by atoms with van der Waals surface area (Å²) in [5.74, 6) is -0.858. The minimum absolute atomic E-state index is 0.194. The van der Waals surface area contributed by atoms with E-state index < -0.39 is 12.1 Å². The summed E-state index contributed by atoms with van der Waals surface area (Å²) < 4.78 is 23.4. The Morgan fingerprint density at radius 1 is 1.19 bits per heavy atom. The van der Waals surface area contributed by atoms with E-state index in [0.717, 1.165) is 6.07 Å². The molecule has 1 N–H and O–H groups in total. The average molecular weight is 366 g/mol. The fraction of sp³-hybridized carbons (Fsp3) is 0.533. The van der Waals surface area contributed by atoms with Gasteiger partial charge in [-0.15, -0.1) is 0 Å². The molecule has 0 radical (unpaired) electrons. The van der Waals surface area contributed by atoms with Crippen molar-refractivity contribution in [3.05, 3.63) is 34.1 Å². The number of nitrogens with one attached hydrogen (secondary N) is 1. The Morgan fingerprint density at radius 3 is 2.14 bits per heavy atom. The highest BCUT2D eigenvalue weighted by Gasteiger charge is 2.11. The predicted octanol–water partition coefficient (Wildman–Crippen LogP) is 3.99. The second kappa shape index (κ2) is 14.0. The summed E-state index contributed by atoms with van der Waals surface area (Å²) in [4.78, 5) is 11.7. The molecule has 1 amide bonds. The maximum atomic E-state index is 13.1. The summed E-state index contributed by atoms with van der Waals surface area (Å²) in [5.41, 5.74) is 0.239. The molecule has 0 aliphatic heterocycles. The van der Waals surface area contributed by atoms with E-state index in [-0.39, 0.29) is 18.0 Å². The molecular formula is C15H25BrFNO3. The molecule has 0 aromatic heterocycles. The molecule has 4 nitrogen and oxygen atoms in total. The van der Waals surface area contributed by atoms with Gasteiger partial charge in [-0.1, -0.05) is 43.6 Å². The number of amides is 1. The fourth-order valence-electron chi connectivity index (χ4n) is 1.23. The van der Waals surface area contributed by atoms with Gasteiger partial charge in [0.25, 0.3) is 5.91 Å². The van der Waals surface area contributed by atoms with Crippen molar-refractivity contribution in [2.75, 3.05) is 20.8 Å². The van der Waals surface area contributed by atoms with Gasteiger partial charge < -0.3 is 14.8 Å². The highest BCUT2D eigenvalue weighted by atomic mass is 79.9. The van der Waals surface area contributed by atoms with Crippen LogP contribution in [0.25, 0.3) is 0 Å². The minimum Gasteiger partial charge on any atom is -0.354 e. The zero-order chi connectivity index (χ0) is 16.8. The summed E-state index contributed by atoms with van der Waals surface area (Å²) in [6.07, 6.45) is -0.518. The van der Waals surface area contributed by atoms with E-state index in [1.54, 1.807) is 0 Å². The molecular weight excluding hydrogens is 341 g/mol. The van der Waals surface area contributed by atoms with Crippen molar-refractivity contribution >= 4 is 21.8 Å². The fourth-order valence-corrected chi connectivity index (χ4v) is 1.69. The molecule has 0 aliphatic carbocycles. The van der Waals surface area contributed by atoms with Gasteiger partial charge >= 0.3 is 0 Å². The van der Waals surface area contributed by atoms with E-state index in [9.17, 15) is 9.18 Å². The molecule has 0 unspecified atom stereocenters. The lowest BCUT2D eigenvalue weighted by atomic mass is 10.2. The van der Waals surface area contributed by atoms with Crippen LogP contribution in [-0.4, -0.2) is 33.0 Å². The van der Waals surface area contributed by atoms with Gasteiger partial charge in [0, 0.05) is 24.3 Å². The lowest BCUT2D eigenvalue weighted by molar-refractivity contribution is -0.0974. The van der Waals surface area contributed by atoms with Crippen LogP contribution in [0.15, 0.2) is 22.7 Å². The number of halogens is 2. The number of carbonyl (C=O) groups excluding carboxylic acids is 1. The van der Waals surface area contributed by atoms with E-state index in [0.29, 0.717) is 4.47 Å². The summed E-state index contributed by atoms with van der Waals surface area (Å²) in [7, 11) is 2.94. The van der Waals surface area contributed by atoms with Crippen molar-refractivity contribution in [2.24, 2.45) is 0 Å². The van der Waals surface area contributed by atoms with Crippen molar-refractivity contribution in [3.8, 4) is 0 Å². The van der Waals surface area contributed by atoms with Gasteiger partial charge in [0.05, 0.1) is 6.54 Å². The predicted molar refractivity (Wildman–Crippen MR) is 86.9 cm³/mol. The Hall–Kier alpha value is -0.980. The summed E-state index contributed by atoms with van der Waals surface area (Å²) >= 11 is 3.12. The number of rotatable bonds is 5. The number of ether oxygens (including phenoxy) is 2. The number of hydrogen-bond acceptors (Lipinski definition) is 3. The lowest BCUT2D eigenvalue weighted by Crippen LogP contribution is -2.34. The van der Waals surface area contributed by atoms with Crippen LogP contribution in [0.2, 0.25) is 0 Å². The Morgan fingerprint density at radius 2 is 1.71 bits per heavy atom. The molecule has 0 saturated carbocycles. The highest BCUT2D eigenvalue weighted by Crippen LogP contribution is 2.14. The normalized spacial score (nSPS) is 9.19. The van der Waals surface area contributed by atoms with Crippen LogP contribution >= 0.6 is 15.9 Å². The Bertz CT molecular complexity index is 378.